The summed E-state index contributed by atoms with van der Waals surface area (Å²) in [5.74, 6) is 2.25. The maximum atomic E-state index is 11.7. The lowest BCUT2D eigenvalue weighted by atomic mass is 10.1. The fourth-order valence-corrected chi connectivity index (χ4v) is 3.64. The molecule has 1 amide bonds. The van der Waals surface area contributed by atoms with Crippen LogP contribution < -0.4 is 5.32 Å². The molecule has 3 rings (SSSR count). The van der Waals surface area contributed by atoms with Crippen LogP contribution in [0, 0.1) is 0 Å². The van der Waals surface area contributed by atoms with Crippen molar-refractivity contribution >= 4 is 17.7 Å². The van der Waals surface area contributed by atoms with E-state index in [0.29, 0.717) is 17.7 Å². The lowest BCUT2D eigenvalue weighted by Crippen LogP contribution is -2.27. The molecule has 0 atom stereocenters. The summed E-state index contributed by atoms with van der Waals surface area (Å²) in [5.41, 5.74) is 0. The number of nitrogens with one attached hydrogen (secondary N) is 1. The monoisotopic (exact) mass is 294 g/mol. The molecule has 1 N–H and O–H groups in total. The number of hydrogen-bond donors (Lipinski definition) is 1. The van der Waals surface area contributed by atoms with Crippen LogP contribution in [0.15, 0.2) is 5.16 Å². The highest BCUT2D eigenvalue weighted by Crippen LogP contribution is 2.34. The molecule has 2 fully saturated rings. The van der Waals surface area contributed by atoms with Crippen LogP contribution in [0.25, 0.3) is 0 Å². The lowest BCUT2D eigenvalue weighted by molar-refractivity contribution is -0.118. The molecule has 2 saturated carbocycles. The van der Waals surface area contributed by atoms with Crippen LogP contribution >= 0.6 is 11.8 Å². The fraction of sp³-hybridized carbons (Fsp3) is 0.786. The van der Waals surface area contributed by atoms with Gasteiger partial charge in [-0.05, 0) is 32.6 Å². The zero-order chi connectivity index (χ0) is 13.9. The third-order valence-corrected chi connectivity index (χ3v) is 5.02. The Balaban J connectivity index is 1.61. The van der Waals surface area contributed by atoms with E-state index in [1.54, 1.807) is 0 Å². The number of hydrogen-bond acceptors (Lipinski definition) is 4. The van der Waals surface area contributed by atoms with Gasteiger partial charge in [-0.2, -0.15) is 0 Å². The molecule has 5 nitrogen and oxygen atoms in total. The van der Waals surface area contributed by atoms with Crippen molar-refractivity contribution in [3.63, 3.8) is 0 Å². The van der Waals surface area contributed by atoms with Crippen LogP contribution in [0.4, 0.5) is 0 Å². The van der Waals surface area contributed by atoms with Gasteiger partial charge >= 0.3 is 0 Å². The van der Waals surface area contributed by atoms with E-state index in [1.807, 2.05) is 0 Å². The van der Waals surface area contributed by atoms with E-state index in [-0.39, 0.29) is 5.91 Å². The van der Waals surface area contributed by atoms with Crippen LogP contribution in [0.1, 0.15) is 57.2 Å². The Morgan fingerprint density at radius 2 is 2.05 bits per heavy atom. The van der Waals surface area contributed by atoms with Crippen molar-refractivity contribution in [3.05, 3.63) is 5.82 Å². The first-order chi connectivity index (χ1) is 9.78. The fourth-order valence-electron chi connectivity index (χ4n) is 2.82. The predicted molar refractivity (Wildman–Crippen MR) is 78.8 cm³/mol. The van der Waals surface area contributed by atoms with Crippen LogP contribution in [0.3, 0.4) is 0 Å². The largest absolute Gasteiger partial charge is 0.353 e. The first kappa shape index (κ1) is 13.9. The average molecular weight is 294 g/mol. The Morgan fingerprint density at radius 3 is 2.70 bits per heavy atom. The molecule has 1 aromatic heterocycles. The van der Waals surface area contributed by atoms with Crippen molar-refractivity contribution in [3.8, 4) is 0 Å². The first-order valence-electron chi connectivity index (χ1n) is 7.63. The van der Waals surface area contributed by atoms with Gasteiger partial charge in [0.1, 0.15) is 5.82 Å². The first-order valence-corrected chi connectivity index (χ1v) is 8.61. The van der Waals surface area contributed by atoms with Gasteiger partial charge in [-0.25, -0.2) is 0 Å². The molecule has 2 aliphatic carbocycles. The van der Waals surface area contributed by atoms with Gasteiger partial charge in [0, 0.05) is 18.5 Å². The zero-order valence-corrected chi connectivity index (χ0v) is 12.8. The number of carbonyl (C=O) groups is 1. The Labute approximate surface area is 123 Å². The van der Waals surface area contributed by atoms with E-state index < -0.39 is 0 Å². The second-order valence-electron chi connectivity index (χ2n) is 5.70. The Morgan fingerprint density at radius 1 is 1.30 bits per heavy atom. The summed E-state index contributed by atoms with van der Waals surface area (Å²) < 4.78 is 2.19. The summed E-state index contributed by atoms with van der Waals surface area (Å²) in [6.45, 7) is 3.00. The van der Waals surface area contributed by atoms with Gasteiger partial charge in [0.25, 0.3) is 0 Å². The maximum absolute atomic E-state index is 11.7. The normalized spacial score (nSPS) is 19.4. The van der Waals surface area contributed by atoms with Gasteiger partial charge < -0.3 is 9.88 Å². The van der Waals surface area contributed by atoms with E-state index >= 15 is 0 Å². The molecule has 6 heteroatoms. The molecule has 0 unspecified atom stereocenters. The molecule has 1 aromatic rings. The predicted octanol–water partition coefficient (Wildman–Crippen LogP) is 2.33. The van der Waals surface area contributed by atoms with E-state index in [0.717, 1.165) is 30.4 Å². The molecule has 0 aliphatic heterocycles. The van der Waals surface area contributed by atoms with Crippen LogP contribution in [-0.2, 0) is 11.3 Å². The molecular weight excluding hydrogens is 272 g/mol. The van der Waals surface area contributed by atoms with Crippen LogP contribution in [0.5, 0.6) is 0 Å². The molecule has 110 valence electrons. The quantitative estimate of drug-likeness (QED) is 0.818. The highest BCUT2D eigenvalue weighted by atomic mass is 32.2. The zero-order valence-electron chi connectivity index (χ0n) is 12.0. The lowest BCUT2D eigenvalue weighted by Gasteiger charge is -2.11. The standard InChI is InChI=1S/C14H22N4OS/c1-2-18-13(10-5-3-4-6-10)16-17-14(18)20-9-12(19)15-11-7-8-11/h10-11H,2-9H2,1H3,(H,15,19). The minimum atomic E-state index is 0.116. The molecule has 0 bridgehead atoms. The summed E-state index contributed by atoms with van der Waals surface area (Å²) in [4.78, 5) is 11.7. The van der Waals surface area contributed by atoms with Crippen molar-refractivity contribution in [1.82, 2.24) is 20.1 Å². The van der Waals surface area contributed by atoms with Crippen molar-refractivity contribution in [2.45, 2.75) is 69.1 Å². The smallest absolute Gasteiger partial charge is 0.230 e. The Kier molecular flexibility index (Phi) is 4.29. The van der Waals surface area contributed by atoms with Gasteiger partial charge in [0.05, 0.1) is 5.75 Å². The highest BCUT2D eigenvalue weighted by Gasteiger charge is 2.25. The van der Waals surface area contributed by atoms with Gasteiger partial charge in [-0.1, -0.05) is 24.6 Å². The molecule has 0 saturated heterocycles. The van der Waals surface area contributed by atoms with E-state index in [1.165, 1.54) is 37.4 Å². The van der Waals surface area contributed by atoms with Crippen molar-refractivity contribution in [2.75, 3.05) is 5.75 Å². The summed E-state index contributed by atoms with van der Waals surface area (Å²) >= 11 is 1.51. The Bertz CT molecular complexity index is 478. The number of aromatic nitrogens is 3. The van der Waals surface area contributed by atoms with Gasteiger partial charge in [-0.15, -0.1) is 10.2 Å². The second-order valence-corrected chi connectivity index (χ2v) is 6.64. The van der Waals surface area contributed by atoms with Gasteiger partial charge in [0.15, 0.2) is 5.16 Å². The second kappa shape index (κ2) is 6.16. The third kappa shape index (κ3) is 3.16. The molecule has 0 radical (unpaired) electrons. The van der Waals surface area contributed by atoms with E-state index in [2.05, 4.69) is 27.0 Å². The van der Waals surface area contributed by atoms with Crippen molar-refractivity contribution in [2.24, 2.45) is 0 Å². The molecular formula is C14H22N4OS. The topological polar surface area (TPSA) is 59.8 Å². The number of thioether (sulfide) groups is 1. The molecule has 20 heavy (non-hydrogen) atoms. The highest BCUT2D eigenvalue weighted by molar-refractivity contribution is 7.99. The minimum Gasteiger partial charge on any atom is -0.353 e. The summed E-state index contributed by atoms with van der Waals surface area (Å²) in [6.07, 6.45) is 7.32. The van der Waals surface area contributed by atoms with E-state index in [4.69, 9.17) is 0 Å². The maximum Gasteiger partial charge on any atom is 0.230 e. The van der Waals surface area contributed by atoms with Crippen LogP contribution in [-0.4, -0.2) is 32.5 Å². The average Bonchev–Trinajstić information content (AvgIpc) is 2.96. The molecule has 1 heterocycles. The summed E-state index contributed by atoms with van der Waals surface area (Å²) in [6, 6.07) is 0.432. The van der Waals surface area contributed by atoms with Gasteiger partial charge in [-0.3, -0.25) is 4.79 Å². The van der Waals surface area contributed by atoms with E-state index in [9.17, 15) is 4.79 Å². The van der Waals surface area contributed by atoms with Crippen molar-refractivity contribution < 1.29 is 4.79 Å². The SMILES string of the molecule is CCn1c(SCC(=O)NC2CC2)nnc1C1CCCC1. The molecule has 2 aliphatic rings. The third-order valence-electron chi connectivity index (χ3n) is 4.06. The molecule has 0 spiro atoms. The Hall–Kier alpha value is -1.04. The number of amides is 1. The van der Waals surface area contributed by atoms with Crippen LogP contribution in [0.2, 0.25) is 0 Å². The molecule has 0 aromatic carbocycles. The number of carbonyl (C=O) groups excluding carboxylic acids is 1. The van der Waals surface area contributed by atoms with Gasteiger partial charge in [0.2, 0.25) is 5.91 Å². The summed E-state index contributed by atoms with van der Waals surface area (Å²) in [5, 5.41) is 12.6. The minimum absolute atomic E-state index is 0.116. The van der Waals surface area contributed by atoms with Crippen molar-refractivity contribution in [1.29, 1.82) is 0 Å². The number of nitrogens with zero attached hydrogens (tertiary/aromatic N) is 3. The summed E-state index contributed by atoms with van der Waals surface area (Å²) in [7, 11) is 0. The number of rotatable bonds is 6.